The molecule has 3 heterocycles. The Hall–Kier alpha value is -1.56. The number of halogens is 1. The van der Waals surface area contributed by atoms with E-state index in [2.05, 4.69) is 23.8 Å². The Balaban J connectivity index is 1.53. The van der Waals surface area contributed by atoms with Crippen molar-refractivity contribution < 1.29 is 9.59 Å². The molecule has 0 N–H and O–H groups in total. The second-order valence-electron chi connectivity index (χ2n) is 7.94. The van der Waals surface area contributed by atoms with Gasteiger partial charge in [0, 0.05) is 51.3 Å². The Kier molecular flexibility index (Phi) is 6.22. The number of likely N-dealkylation sites (tertiary alicyclic amines) is 2. The van der Waals surface area contributed by atoms with Crippen molar-refractivity contribution in [1.82, 2.24) is 19.6 Å². The maximum absolute atomic E-state index is 12.6. The zero-order chi connectivity index (χ0) is 18.7. The van der Waals surface area contributed by atoms with Gasteiger partial charge in [0.05, 0.1) is 11.2 Å². The molecule has 1 aromatic heterocycles. The summed E-state index contributed by atoms with van der Waals surface area (Å²) >= 11 is 5.86. The molecule has 2 amide bonds. The average molecular weight is 381 g/mol. The predicted molar refractivity (Wildman–Crippen MR) is 101 cm³/mol. The van der Waals surface area contributed by atoms with Crippen molar-refractivity contribution in [3.8, 4) is 0 Å². The molecule has 3 rings (SSSR count). The van der Waals surface area contributed by atoms with Crippen molar-refractivity contribution in [3.05, 3.63) is 17.4 Å². The zero-order valence-electron chi connectivity index (χ0n) is 15.7. The van der Waals surface area contributed by atoms with Gasteiger partial charge in [0.1, 0.15) is 0 Å². The first-order chi connectivity index (χ1) is 12.4. The third-order valence-corrected chi connectivity index (χ3v) is 5.80. The zero-order valence-corrected chi connectivity index (χ0v) is 16.5. The van der Waals surface area contributed by atoms with Gasteiger partial charge in [-0.1, -0.05) is 25.4 Å². The quantitative estimate of drug-likeness (QED) is 0.762. The summed E-state index contributed by atoms with van der Waals surface area (Å²) < 4.78 is 1.71. The molecule has 0 aliphatic carbocycles. The van der Waals surface area contributed by atoms with E-state index in [9.17, 15) is 9.59 Å². The van der Waals surface area contributed by atoms with Gasteiger partial charge in [-0.25, -0.2) is 0 Å². The minimum absolute atomic E-state index is 0.167. The summed E-state index contributed by atoms with van der Waals surface area (Å²) in [7, 11) is 0. The standard InChI is InChI=1S/C19H29ClN4O2/c1-14(2)5-10-24-17-6-8-22(12-15(17)3-4-19(24)26)18(25)7-9-23-13-16(20)11-21-23/h11,13-15,17H,3-10,12H2,1-2H3/t15-,17+/m0/s1. The third kappa shape index (κ3) is 4.58. The molecule has 0 unspecified atom stereocenters. The lowest BCUT2D eigenvalue weighted by Crippen LogP contribution is -2.57. The van der Waals surface area contributed by atoms with Crippen LogP contribution in [0.15, 0.2) is 12.4 Å². The Morgan fingerprint density at radius 2 is 2.15 bits per heavy atom. The van der Waals surface area contributed by atoms with Crippen LogP contribution in [0.4, 0.5) is 0 Å². The van der Waals surface area contributed by atoms with E-state index in [1.54, 1.807) is 17.1 Å². The van der Waals surface area contributed by atoms with Gasteiger partial charge in [-0.05, 0) is 31.1 Å². The van der Waals surface area contributed by atoms with E-state index >= 15 is 0 Å². The number of nitrogens with zero attached hydrogens (tertiary/aromatic N) is 4. The first kappa shape index (κ1) is 19.2. The predicted octanol–water partition coefficient (Wildman–Crippen LogP) is 2.81. The number of fused-ring (bicyclic) bond motifs is 1. The van der Waals surface area contributed by atoms with Crippen LogP contribution in [0.2, 0.25) is 5.02 Å². The van der Waals surface area contributed by atoms with Crippen molar-refractivity contribution in [2.24, 2.45) is 11.8 Å². The molecule has 2 aliphatic heterocycles. The molecule has 144 valence electrons. The minimum atomic E-state index is 0.167. The maximum atomic E-state index is 12.6. The molecule has 2 aliphatic rings. The SMILES string of the molecule is CC(C)CCN1C(=O)CC[C@H]2CN(C(=O)CCn3cc(Cl)cn3)CC[C@H]21. The van der Waals surface area contributed by atoms with Gasteiger partial charge < -0.3 is 9.80 Å². The van der Waals surface area contributed by atoms with Crippen molar-refractivity contribution in [2.45, 2.75) is 58.5 Å². The second-order valence-corrected chi connectivity index (χ2v) is 8.37. The topological polar surface area (TPSA) is 58.4 Å². The number of hydrogen-bond donors (Lipinski definition) is 0. The molecule has 26 heavy (non-hydrogen) atoms. The largest absolute Gasteiger partial charge is 0.342 e. The monoisotopic (exact) mass is 380 g/mol. The number of hydrogen-bond acceptors (Lipinski definition) is 3. The molecule has 2 saturated heterocycles. The van der Waals surface area contributed by atoms with Gasteiger partial charge in [0.25, 0.3) is 0 Å². The number of aromatic nitrogens is 2. The third-order valence-electron chi connectivity index (χ3n) is 5.60. The van der Waals surface area contributed by atoms with Crippen LogP contribution in [0.5, 0.6) is 0 Å². The van der Waals surface area contributed by atoms with E-state index in [1.807, 2.05) is 4.90 Å². The lowest BCUT2D eigenvalue weighted by atomic mass is 9.83. The molecule has 0 radical (unpaired) electrons. The van der Waals surface area contributed by atoms with E-state index in [-0.39, 0.29) is 5.91 Å². The van der Waals surface area contributed by atoms with Crippen molar-refractivity contribution >= 4 is 23.4 Å². The lowest BCUT2D eigenvalue weighted by molar-refractivity contribution is -0.144. The van der Waals surface area contributed by atoms with Gasteiger partial charge in [0.2, 0.25) is 11.8 Å². The highest BCUT2D eigenvalue weighted by atomic mass is 35.5. The molecule has 1 aromatic rings. The van der Waals surface area contributed by atoms with Crippen LogP contribution >= 0.6 is 11.6 Å². The number of amides is 2. The normalized spacial score (nSPS) is 23.5. The number of aryl methyl sites for hydroxylation is 1. The van der Waals surface area contributed by atoms with Gasteiger partial charge >= 0.3 is 0 Å². The van der Waals surface area contributed by atoms with Gasteiger partial charge in [0.15, 0.2) is 0 Å². The van der Waals surface area contributed by atoms with Gasteiger partial charge in [-0.2, -0.15) is 5.10 Å². The molecule has 6 nitrogen and oxygen atoms in total. The minimum Gasteiger partial charge on any atom is -0.342 e. The smallest absolute Gasteiger partial charge is 0.224 e. The molecular weight excluding hydrogens is 352 g/mol. The molecule has 2 fully saturated rings. The first-order valence-electron chi connectivity index (χ1n) is 9.69. The van der Waals surface area contributed by atoms with Gasteiger partial charge in [-0.3, -0.25) is 14.3 Å². The fourth-order valence-electron chi connectivity index (χ4n) is 4.09. The first-order valence-corrected chi connectivity index (χ1v) is 10.1. The fourth-order valence-corrected chi connectivity index (χ4v) is 4.25. The summed E-state index contributed by atoms with van der Waals surface area (Å²) in [6.07, 6.45) is 7.22. The van der Waals surface area contributed by atoms with Crippen LogP contribution in [0.25, 0.3) is 0 Å². The maximum Gasteiger partial charge on any atom is 0.224 e. The number of piperidine rings is 2. The highest BCUT2D eigenvalue weighted by Crippen LogP contribution is 2.32. The van der Waals surface area contributed by atoms with Crippen LogP contribution in [0.3, 0.4) is 0 Å². The van der Waals surface area contributed by atoms with Crippen LogP contribution in [0.1, 0.15) is 46.0 Å². The Bertz CT molecular complexity index is 645. The highest BCUT2D eigenvalue weighted by molar-refractivity contribution is 6.30. The van der Waals surface area contributed by atoms with Gasteiger partial charge in [-0.15, -0.1) is 0 Å². The van der Waals surface area contributed by atoms with Crippen LogP contribution in [-0.4, -0.2) is 57.1 Å². The van der Waals surface area contributed by atoms with Crippen LogP contribution < -0.4 is 0 Å². The molecule has 0 aromatic carbocycles. The van der Waals surface area contributed by atoms with E-state index in [0.717, 1.165) is 38.9 Å². The highest BCUT2D eigenvalue weighted by Gasteiger charge is 2.39. The Morgan fingerprint density at radius 3 is 2.85 bits per heavy atom. The molecular formula is C19H29ClN4O2. The van der Waals surface area contributed by atoms with E-state index in [4.69, 9.17) is 11.6 Å². The van der Waals surface area contributed by atoms with Crippen molar-refractivity contribution in [1.29, 1.82) is 0 Å². The molecule has 0 saturated carbocycles. The fraction of sp³-hybridized carbons (Fsp3) is 0.737. The van der Waals surface area contributed by atoms with Crippen LogP contribution in [-0.2, 0) is 16.1 Å². The lowest BCUT2D eigenvalue weighted by Gasteiger charge is -2.47. The Labute approximate surface area is 160 Å². The summed E-state index contributed by atoms with van der Waals surface area (Å²) in [5, 5.41) is 4.71. The Morgan fingerprint density at radius 1 is 1.35 bits per heavy atom. The van der Waals surface area contributed by atoms with Crippen molar-refractivity contribution in [2.75, 3.05) is 19.6 Å². The molecule has 0 spiro atoms. The number of carbonyl (C=O) groups is 2. The summed E-state index contributed by atoms with van der Waals surface area (Å²) in [5.41, 5.74) is 0. The van der Waals surface area contributed by atoms with Crippen LogP contribution in [0, 0.1) is 11.8 Å². The van der Waals surface area contributed by atoms with E-state index in [1.165, 1.54) is 0 Å². The molecule has 0 bridgehead atoms. The number of carbonyl (C=O) groups excluding carboxylic acids is 2. The molecule has 7 heteroatoms. The number of rotatable bonds is 6. The average Bonchev–Trinajstić information content (AvgIpc) is 3.03. The van der Waals surface area contributed by atoms with E-state index in [0.29, 0.717) is 48.2 Å². The second kappa shape index (κ2) is 8.42. The molecule has 2 atom stereocenters. The summed E-state index contributed by atoms with van der Waals surface area (Å²) in [6, 6.07) is 0.309. The van der Waals surface area contributed by atoms with E-state index < -0.39 is 0 Å². The van der Waals surface area contributed by atoms with Crippen molar-refractivity contribution in [3.63, 3.8) is 0 Å². The summed E-state index contributed by atoms with van der Waals surface area (Å²) in [5.74, 6) is 1.47. The summed E-state index contributed by atoms with van der Waals surface area (Å²) in [4.78, 5) is 29.0. The summed E-state index contributed by atoms with van der Waals surface area (Å²) in [6.45, 7) is 7.31.